The number of nitrogens with one attached hydrogen (secondary N) is 1. The van der Waals surface area contributed by atoms with Crippen LogP contribution in [0.5, 0.6) is 5.75 Å². The van der Waals surface area contributed by atoms with Crippen molar-refractivity contribution in [2.24, 2.45) is 0 Å². The van der Waals surface area contributed by atoms with E-state index in [4.69, 9.17) is 4.74 Å². The van der Waals surface area contributed by atoms with E-state index in [0.717, 1.165) is 17.0 Å². The summed E-state index contributed by atoms with van der Waals surface area (Å²) in [5.41, 5.74) is 1.84. The van der Waals surface area contributed by atoms with Crippen molar-refractivity contribution < 1.29 is 14.3 Å². The van der Waals surface area contributed by atoms with Gasteiger partial charge in [0.05, 0.1) is 7.11 Å². The molecule has 0 aliphatic carbocycles. The van der Waals surface area contributed by atoms with Crippen molar-refractivity contribution in [3.8, 4) is 5.75 Å². The first-order chi connectivity index (χ1) is 12.6. The number of ether oxygens (including phenoxy) is 1. The third-order valence-corrected chi connectivity index (χ3v) is 4.59. The van der Waals surface area contributed by atoms with Gasteiger partial charge in [0, 0.05) is 25.3 Å². The third kappa shape index (κ3) is 3.79. The number of hydrogen-bond acceptors (Lipinski definition) is 3. The first-order valence-electron chi connectivity index (χ1n) is 8.64. The summed E-state index contributed by atoms with van der Waals surface area (Å²) in [4.78, 5) is 28.5. The molecule has 6 nitrogen and oxygen atoms in total. The lowest BCUT2D eigenvalue weighted by Gasteiger charge is -2.39. The molecule has 1 atom stereocenters. The fourth-order valence-electron chi connectivity index (χ4n) is 3.04. The number of methoxy groups -OCH3 is 1. The van der Waals surface area contributed by atoms with E-state index in [1.807, 2.05) is 54.6 Å². The van der Waals surface area contributed by atoms with E-state index in [2.05, 4.69) is 5.32 Å². The van der Waals surface area contributed by atoms with Gasteiger partial charge in [0.15, 0.2) is 0 Å². The van der Waals surface area contributed by atoms with Gasteiger partial charge in [-0.1, -0.05) is 30.3 Å². The normalized spacial score (nSPS) is 17.2. The average Bonchev–Trinajstić information content (AvgIpc) is 2.69. The first-order valence-corrected chi connectivity index (χ1v) is 8.64. The molecule has 0 aromatic heterocycles. The largest absolute Gasteiger partial charge is 0.497 e. The van der Waals surface area contributed by atoms with Crippen LogP contribution in [-0.4, -0.2) is 43.1 Å². The summed E-state index contributed by atoms with van der Waals surface area (Å²) in [5, 5.41) is 2.89. The molecule has 0 radical (unpaired) electrons. The number of rotatable bonds is 4. The Hall–Kier alpha value is -3.02. The fourth-order valence-corrected chi connectivity index (χ4v) is 3.04. The number of carbonyl (C=O) groups is 2. The minimum atomic E-state index is -0.512. The topological polar surface area (TPSA) is 61.9 Å². The predicted octanol–water partition coefficient (Wildman–Crippen LogP) is 2.64. The van der Waals surface area contributed by atoms with Crippen LogP contribution in [0.3, 0.4) is 0 Å². The summed E-state index contributed by atoms with van der Waals surface area (Å²) in [6.07, 6.45) is 0. The van der Waals surface area contributed by atoms with Crippen LogP contribution < -0.4 is 15.0 Å². The van der Waals surface area contributed by atoms with Crippen molar-refractivity contribution in [1.82, 2.24) is 10.2 Å². The van der Waals surface area contributed by atoms with E-state index in [1.165, 1.54) is 0 Å². The van der Waals surface area contributed by atoms with Crippen LogP contribution >= 0.6 is 0 Å². The highest BCUT2D eigenvalue weighted by Gasteiger charge is 2.34. The molecule has 2 aromatic carbocycles. The van der Waals surface area contributed by atoms with Gasteiger partial charge in [-0.25, -0.2) is 4.79 Å². The molecule has 1 aliphatic heterocycles. The van der Waals surface area contributed by atoms with E-state index in [1.54, 1.807) is 23.8 Å². The minimum Gasteiger partial charge on any atom is -0.497 e. The molecule has 26 heavy (non-hydrogen) atoms. The van der Waals surface area contributed by atoms with Crippen molar-refractivity contribution >= 4 is 17.6 Å². The number of piperazine rings is 1. The number of urea groups is 1. The second-order valence-corrected chi connectivity index (χ2v) is 6.20. The number of anilines is 1. The molecule has 0 saturated carbocycles. The van der Waals surface area contributed by atoms with Gasteiger partial charge >= 0.3 is 6.03 Å². The van der Waals surface area contributed by atoms with Crippen LogP contribution in [-0.2, 0) is 11.3 Å². The lowest BCUT2D eigenvalue weighted by molar-refractivity contribution is -0.124. The minimum absolute atomic E-state index is 0.0868. The Morgan fingerprint density at radius 2 is 1.81 bits per heavy atom. The van der Waals surface area contributed by atoms with Gasteiger partial charge in [-0.2, -0.15) is 0 Å². The van der Waals surface area contributed by atoms with Gasteiger partial charge in [0.1, 0.15) is 11.8 Å². The van der Waals surface area contributed by atoms with Crippen molar-refractivity contribution in [1.29, 1.82) is 0 Å². The van der Waals surface area contributed by atoms with Crippen LogP contribution in [0.2, 0.25) is 0 Å². The number of nitrogens with zero attached hydrogens (tertiary/aromatic N) is 2. The highest BCUT2D eigenvalue weighted by molar-refractivity contribution is 6.00. The summed E-state index contributed by atoms with van der Waals surface area (Å²) < 4.78 is 5.15. The van der Waals surface area contributed by atoms with Crippen molar-refractivity contribution in [3.05, 3.63) is 60.2 Å². The monoisotopic (exact) mass is 353 g/mol. The Bertz CT molecular complexity index is 762. The van der Waals surface area contributed by atoms with E-state index < -0.39 is 6.04 Å². The van der Waals surface area contributed by atoms with Crippen molar-refractivity contribution in [3.63, 3.8) is 0 Å². The molecule has 3 rings (SSSR count). The Morgan fingerprint density at radius 3 is 2.46 bits per heavy atom. The molecule has 2 aromatic rings. The lowest BCUT2D eigenvalue weighted by Crippen LogP contribution is -2.59. The molecule has 1 fully saturated rings. The lowest BCUT2D eigenvalue weighted by atomic mass is 10.1. The maximum absolute atomic E-state index is 12.7. The van der Waals surface area contributed by atoms with Crippen LogP contribution in [0.4, 0.5) is 10.5 Å². The molecule has 136 valence electrons. The van der Waals surface area contributed by atoms with Crippen molar-refractivity contribution in [2.45, 2.75) is 19.5 Å². The molecule has 6 heteroatoms. The summed E-state index contributed by atoms with van der Waals surface area (Å²) in [7, 11) is 1.61. The number of amides is 3. The summed E-state index contributed by atoms with van der Waals surface area (Å²) in [5.74, 6) is 0.657. The van der Waals surface area contributed by atoms with E-state index in [9.17, 15) is 9.59 Å². The maximum Gasteiger partial charge on any atom is 0.318 e. The second kappa shape index (κ2) is 7.91. The number of carbonyl (C=O) groups excluding carboxylic acids is 2. The van der Waals surface area contributed by atoms with Gasteiger partial charge in [-0.05, 0) is 36.8 Å². The van der Waals surface area contributed by atoms with Crippen LogP contribution in [0.1, 0.15) is 12.5 Å². The fraction of sp³-hybridized carbons (Fsp3) is 0.300. The molecule has 1 heterocycles. The van der Waals surface area contributed by atoms with Gasteiger partial charge in [-0.15, -0.1) is 0 Å². The third-order valence-electron chi connectivity index (χ3n) is 4.59. The van der Waals surface area contributed by atoms with E-state index in [0.29, 0.717) is 19.6 Å². The zero-order valence-electron chi connectivity index (χ0n) is 15.0. The Balaban J connectivity index is 1.62. The zero-order valence-corrected chi connectivity index (χ0v) is 15.0. The molecule has 0 bridgehead atoms. The van der Waals surface area contributed by atoms with Gasteiger partial charge in [0.2, 0.25) is 5.91 Å². The molecular weight excluding hydrogens is 330 g/mol. The Morgan fingerprint density at radius 1 is 1.12 bits per heavy atom. The summed E-state index contributed by atoms with van der Waals surface area (Å²) in [6, 6.07) is 16.3. The highest BCUT2D eigenvalue weighted by Crippen LogP contribution is 2.23. The number of hydrogen-bond donors (Lipinski definition) is 1. The van der Waals surface area contributed by atoms with Gasteiger partial charge in [-0.3, -0.25) is 4.79 Å². The highest BCUT2D eigenvalue weighted by atomic mass is 16.5. The second-order valence-electron chi connectivity index (χ2n) is 6.20. The molecule has 1 aliphatic rings. The van der Waals surface area contributed by atoms with Gasteiger partial charge in [0.25, 0.3) is 0 Å². The van der Waals surface area contributed by atoms with Crippen LogP contribution in [0.15, 0.2) is 54.6 Å². The molecule has 0 spiro atoms. The molecular formula is C20H23N3O3. The predicted molar refractivity (Wildman–Crippen MR) is 100 cm³/mol. The van der Waals surface area contributed by atoms with Crippen molar-refractivity contribution in [2.75, 3.05) is 25.1 Å². The standard InChI is InChI=1S/C20H23N3O3/c1-15-19(24)23(17-8-10-18(26-2)11-9-17)13-12-22(15)20(25)21-14-16-6-4-3-5-7-16/h3-11,15H,12-14H2,1-2H3,(H,21,25). The van der Waals surface area contributed by atoms with Gasteiger partial charge < -0.3 is 19.9 Å². The number of benzene rings is 2. The Kier molecular flexibility index (Phi) is 5.41. The molecule has 1 unspecified atom stereocenters. The molecule has 3 amide bonds. The van der Waals surface area contributed by atoms with Crippen LogP contribution in [0, 0.1) is 0 Å². The average molecular weight is 353 g/mol. The summed E-state index contributed by atoms with van der Waals surface area (Å²) >= 11 is 0. The van der Waals surface area contributed by atoms with E-state index in [-0.39, 0.29) is 11.9 Å². The summed E-state index contributed by atoms with van der Waals surface area (Å²) in [6.45, 7) is 3.16. The van der Waals surface area contributed by atoms with Crippen LogP contribution in [0.25, 0.3) is 0 Å². The van der Waals surface area contributed by atoms with E-state index >= 15 is 0 Å². The molecule has 1 N–H and O–H groups in total. The Labute approximate surface area is 153 Å². The molecule has 1 saturated heterocycles. The zero-order chi connectivity index (χ0) is 18.5. The first kappa shape index (κ1) is 17.8. The quantitative estimate of drug-likeness (QED) is 0.919. The SMILES string of the molecule is COc1ccc(N2CCN(C(=O)NCc3ccccc3)C(C)C2=O)cc1. The maximum atomic E-state index is 12.7. The smallest absolute Gasteiger partial charge is 0.318 e.